The molecule has 1 aliphatic rings. The van der Waals surface area contributed by atoms with Crippen molar-refractivity contribution in [2.75, 3.05) is 26.9 Å². The van der Waals surface area contributed by atoms with E-state index >= 15 is 0 Å². The van der Waals surface area contributed by atoms with Gasteiger partial charge in [-0.05, 0) is 60.9 Å². The Morgan fingerprint density at radius 3 is 1.98 bits per heavy atom. The zero-order chi connectivity index (χ0) is 37.6. The molecule has 7 atom stereocenters. The minimum atomic E-state index is -2.44. The first-order valence-corrected chi connectivity index (χ1v) is 23.3. The van der Waals surface area contributed by atoms with Crippen molar-refractivity contribution in [1.29, 1.82) is 0 Å². The summed E-state index contributed by atoms with van der Waals surface area (Å²) in [4.78, 5) is 24.7. The molecule has 0 amide bonds. The van der Waals surface area contributed by atoms with Crippen LogP contribution in [0.3, 0.4) is 0 Å². The number of hydrogen-bond acceptors (Lipinski definition) is 9. The predicted octanol–water partition coefficient (Wildman–Crippen LogP) is 8.33. The molecule has 1 saturated heterocycles. The van der Waals surface area contributed by atoms with Gasteiger partial charge >= 0.3 is 11.9 Å². The third-order valence-electron chi connectivity index (χ3n) is 10.8. The molecule has 49 heavy (non-hydrogen) atoms. The number of carbonyl (C=O) groups excluding carboxylic acids is 2. The average molecular weight is 723 g/mol. The normalized spacial score (nSPS) is 21.6. The highest BCUT2D eigenvalue weighted by atomic mass is 28.4. The molecule has 2 rings (SSSR count). The van der Waals surface area contributed by atoms with E-state index in [9.17, 15) is 9.59 Å². The largest absolute Gasteiger partial charge is 0.497 e. The fourth-order valence-electron chi connectivity index (χ4n) is 5.52. The Morgan fingerprint density at radius 1 is 0.939 bits per heavy atom. The number of methoxy groups -OCH3 is 1. The van der Waals surface area contributed by atoms with Crippen LogP contribution in [0.5, 0.6) is 5.75 Å². The molecule has 11 heteroatoms. The van der Waals surface area contributed by atoms with Crippen LogP contribution in [0.25, 0.3) is 0 Å². The molecular weight excluding hydrogens is 657 g/mol. The minimum absolute atomic E-state index is 0.0107. The molecule has 1 aromatic carbocycles. The topological polar surface area (TPSA) is 102 Å². The Bertz CT molecular complexity index is 1240. The first-order valence-electron chi connectivity index (χ1n) is 17.5. The van der Waals surface area contributed by atoms with Crippen LogP contribution in [0.1, 0.15) is 74.8 Å². The number of ether oxygens (including phenoxy) is 5. The molecule has 1 heterocycles. The molecule has 9 nitrogen and oxygen atoms in total. The summed E-state index contributed by atoms with van der Waals surface area (Å²) < 4.78 is 44.1. The van der Waals surface area contributed by atoms with Gasteiger partial charge in [0.25, 0.3) is 0 Å². The van der Waals surface area contributed by atoms with Crippen molar-refractivity contribution < 1.29 is 42.1 Å². The van der Waals surface area contributed by atoms with Gasteiger partial charge in [-0.1, -0.05) is 66.7 Å². The Hall–Kier alpha value is -2.03. The van der Waals surface area contributed by atoms with Gasteiger partial charge in [-0.15, -0.1) is 6.58 Å². The van der Waals surface area contributed by atoms with Gasteiger partial charge in [-0.2, -0.15) is 0 Å². The summed E-state index contributed by atoms with van der Waals surface area (Å²) >= 11 is 0. The highest BCUT2D eigenvalue weighted by molar-refractivity contribution is 6.74. The number of epoxide rings is 1. The maximum Gasteiger partial charge on any atom is 0.302 e. The Balaban J connectivity index is 2.57. The van der Waals surface area contributed by atoms with E-state index in [0.717, 1.165) is 11.3 Å². The van der Waals surface area contributed by atoms with E-state index in [4.69, 9.17) is 32.5 Å². The molecular formula is C38H66O9Si2. The van der Waals surface area contributed by atoms with Crippen molar-refractivity contribution in [2.24, 2.45) is 17.8 Å². The second-order valence-electron chi connectivity index (χ2n) is 16.9. The second-order valence-corrected chi connectivity index (χ2v) is 26.4. The molecule has 0 N–H and O–H groups in total. The van der Waals surface area contributed by atoms with Crippen LogP contribution in [-0.4, -0.2) is 79.4 Å². The van der Waals surface area contributed by atoms with E-state index in [-0.39, 0.29) is 35.3 Å². The van der Waals surface area contributed by atoms with Gasteiger partial charge in [-0.3, -0.25) is 9.59 Å². The maximum atomic E-state index is 12.8. The molecule has 0 radical (unpaired) electrons. The number of benzene rings is 1. The third-order valence-corrected chi connectivity index (χ3v) is 19.7. The fraction of sp³-hybridized carbons (Fsp3) is 0.737. The Kier molecular flexibility index (Phi) is 15.0. The highest BCUT2D eigenvalue weighted by Crippen LogP contribution is 2.52. The third kappa shape index (κ3) is 11.8. The lowest BCUT2D eigenvalue weighted by molar-refractivity contribution is -0.160. The van der Waals surface area contributed by atoms with Crippen molar-refractivity contribution in [3.05, 3.63) is 42.5 Å². The SMILES string of the molecule is C=C[C@@H](COC(C)=O)[C@@H](OC(C)=O)[C@H](CO[Si](C)(C)C(C)(C)C)[C@H](O[Si](C)(C)C(C)(C)C)[C@]1(C)O[C@@H]1[C@@H](C)COCc1ccc(OC)cc1. The molecule has 1 aliphatic heterocycles. The van der Waals surface area contributed by atoms with Gasteiger partial charge in [0, 0.05) is 38.2 Å². The van der Waals surface area contributed by atoms with Crippen LogP contribution in [-0.2, 0) is 44.0 Å². The zero-order valence-electron chi connectivity index (χ0n) is 33.1. The lowest BCUT2D eigenvalue weighted by atomic mass is 9.80. The smallest absolute Gasteiger partial charge is 0.302 e. The number of carbonyl (C=O) groups is 2. The summed E-state index contributed by atoms with van der Waals surface area (Å²) in [7, 11) is -3.06. The summed E-state index contributed by atoms with van der Waals surface area (Å²) in [5, 5.41) is -0.172. The van der Waals surface area contributed by atoms with Crippen molar-refractivity contribution in [3.63, 3.8) is 0 Å². The molecule has 1 aromatic rings. The summed E-state index contributed by atoms with van der Waals surface area (Å²) in [6, 6.07) is 7.85. The monoisotopic (exact) mass is 722 g/mol. The average Bonchev–Trinajstić information content (AvgIpc) is 3.67. The molecule has 0 unspecified atom stereocenters. The molecule has 0 saturated carbocycles. The summed E-state index contributed by atoms with van der Waals surface area (Å²) in [5.74, 6) is -0.984. The highest BCUT2D eigenvalue weighted by Gasteiger charge is 2.65. The van der Waals surface area contributed by atoms with Gasteiger partial charge < -0.3 is 32.5 Å². The van der Waals surface area contributed by atoms with E-state index in [1.54, 1.807) is 13.2 Å². The maximum absolute atomic E-state index is 12.8. The first kappa shape index (κ1) is 43.1. The molecule has 0 spiro atoms. The van der Waals surface area contributed by atoms with Crippen LogP contribution >= 0.6 is 0 Å². The number of hydrogen-bond donors (Lipinski definition) is 0. The van der Waals surface area contributed by atoms with Gasteiger partial charge in [0.05, 0.1) is 32.5 Å². The fourth-order valence-corrected chi connectivity index (χ4v) is 7.95. The molecule has 0 aliphatic carbocycles. The number of esters is 2. The van der Waals surface area contributed by atoms with Gasteiger partial charge in [0.1, 0.15) is 24.1 Å². The predicted molar refractivity (Wildman–Crippen MR) is 200 cm³/mol. The van der Waals surface area contributed by atoms with Gasteiger partial charge in [0.15, 0.2) is 16.6 Å². The second kappa shape index (κ2) is 17.0. The van der Waals surface area contributed by atoms with E-state index in [1.165, 1.54) is 13.8 Å². The van der Waals surface area contributed by atoms with Crippen LogP contribution in [0.4, 0.5) is 0 Å². The van der Waals surface area contributed by atoms with Crippen LogP contribution in [0.2, 0.25) is 36.3 Å². The van der Waals surface area contributed by atoms with Crippen LogP contribution in [0.15, 0.2) is 36.9 Å². The standard InChI is InChI=1S/C38H66O9Si2/c1-17-30(24-43-27(3)39)33(45-28(4)40)32(25-44-48(13,14)36(5,6)7)35(47-49(15,16)37(8,9)10)38(11)34(46-38)26(2)22-42-23-29-18-20-31(41-12)21-19-29/h17-21,26,30,32-35H,1,22-25H2,2-16H3/t26-,30-,32-,33+,34+,35-,38+/m0/s1. The molecule has 0 bridgehead atoms. The summed E-state index contributed by atoms with van der Waals surface area (Å²) in [6.07, 6.45) is 0.248. The molecule has 280 valence electrons. The van der Waals surface area contributed by atoms with E-state index in [2.05, 4.69) is 88.2 Å². The first-order chi connectivity index (χ1) is 22.4. The Morgan fingerprint density at radius 2 is 1.51 bits per heavy atom. The molecule has 1 fully saturated rings. The van der Waals surface area contributed by atoms with E-state index in [0.29, 0.717) is 13.2 Å². The number of rotatable bonds is 19. The van der Waals surface area contributed by atoms with Crippen LogP contribution in [0, 0.1) is 17.8 Å². The summed E-state index contributed by atoms with van der Waals surface area (Å²) in [6.45, 7) is 34.3. The van der Waals surface area contributed by atoms with E-state index < -0.39 is 58.2 Å². The lowest BCUT2D eigenvalue weighted by Gasteiger charge is -2.46. The Labute approximate surface area is 299 Å². The molecule has 0 aromatic heterocycles. The zero-order valence-corrected chi connectivity index (χ0v) is 35.1. The van der Waals surface area contributed by atoms with Crippen molar-refractivity contribution in [1.82, 2.24) is 0 Å². The van der Waals surface area contributed by atoms with Crippen molar-refractivity contribution in [3.8, 4) is 5.75 Å². The van der Waals surface area contributed by atoms with E-state index in [1.807, 2.05) is 24.3 Å². The van der Waals surface area contributed by atoms with Crippen molar-refractivity contribution >= 4 is 28.6 Å². The van der Waals surface area contributed by atoms with Gasteiger partial charge in [0.2, 0.25) is 0 Å². The lowest BCUT2D eigenvalue weighted by Crippen LogP contribution is -2.57. The van der Waals surface area contributed by atoms with Crippen LogP contribution < -0.4 is 4.74 Å². The quantitative estimate of drug-likeness (QED) is 0.0604. The summed E-state index contributed by atoms with van der Waals surface area (Å²) in [5.41, 5.74) is 0.327. The minimum Gasteiger partial charge on any atom is -0.497 e. The van der Waals surface area contributed by atoms with Crippen molar-refractivity contribution in [2.45, 2.75) is 136 Å². The van der Waals surface area contributed by atoms with Gasteiger partial charge in [-0.25, -0.2) is 0 Å².